The number of para-hydroxylation sites is 1. The van der Waals surface area contributed by atoms with Crippen molar-refractivity contribution in [3.8, 4) is 0 Å². The maximum Gasteiger partial charge on any atom is 0.278 e. The summed E-state index contributed by atoms with van der Waals surface area (Å²) in [7, 11) is 0. The van der Waals surface area contributed by atoms with Gasteiger partial charge >= 0.3 is 0 Å². The van der Waals surface area contributed by atoms with Crippen LogP contribution < -0.4 is 5.32 Å². The van der Waals surface area contributed by atoms with Crippen molar-refractivity contribution in [3.63, 3.8) is 0 Å². The highest BCUT2D eigenvalue weighted by Gasteiger charge is 2.39. The van der Waals surface area contributed by atoms with Gasteiger partial charge in [-0.2, -0.15) is 0 Å². The van der Waals surface area contributed by atoms with Gasteiger partial charge in [-0.3, -0.25) is 19.5 Å². The molecule has 4 rings (SSSR count). The molecule has 0 spiro atoms. The molecule has 1 aliphatic rings. The molecule has 2 aromatic carbocycles. The molecule has 0 aliphatic carbocycles. The van der Waals surface area contributed by atoms with Crippen LogP contribution in [0.4, 0.5) is 5.69 Å². The molecule has 0 saturated heterocycles. The molecule has 0 radical (unpaired) electrons. The van der Waals surface area contributed by atoms with E-state index in [0.717, 1.165) is 33.5 Å². The van der Waals surface area contributed by atoms with Crippen molar-refractivity contribution >= 4 is 23.1 Å². The van der Waals surface area contributed by atoms with Gasteiger partial charge in [-0.1, -0.05) is 36.4 Å². The lowest BCUT2D eigenvalue weighted by atomic mass is 9.99. The van der Waals surface area contributed by atoms with Crippen LogP contribution in [0.3, 0.4) is 0 Å². The van der Waals surface area contributed by atoms with Crippen molar-refractivity contribution in [3.05, 3.63) is 101 Å². The van der Waals surface area contributed by atoms with Crippen molar-refractivity contribution in [2.75, 3.05) is 5.32 Å². The van der Waals surface area contributed by atoms with Crippen molar-refractivity contribution in [1.82, 2.24) is 9.88 Å². The lowest BCUT2D eigenvalue weighted by Crippen LogP contribution is -2.32. The Hall–Kier alpha value is -3.73. The van der Waals surface area contributed by atoms with E-state index < -0.39 is 0 Å². The van der Waals surface area contributed by atoms with Gasteiger partial charge in [0, 0.05) is 18.1 Å². The highest BCUT2D eigenvalue weighted by molar-refractivity contribution is 6.36. The molecule has 0 unspecified atom stereocenters. The molecule has 1 aliphatic heterocycles. The molecule has 2 heterocycles. The summed E-state index contributed by atoms with van der Waals surface area (Å²) in [5.41, 5.74) is 6.32. The number of amides is 2. The van der Waals surface area contributed by atoms with Crippen LogP contribution in [0.2, 0.25) is 0 Å². The zero-order chi connectivity index (χ0) is 21.3. The first-order valence-electron chi connectivity index (χ1n) is 9.85. The van der Waals surface area contributed by atoms with Crippen LogP contribution in [0.15, 0.2) is 72.7 Å². The molecular weight excluding hydrogens is 374 g/mol. The summed E-state index contributed by atoms with van der Waals surface area (Å²) in [4.78, 5) is 32.0. The predicted molar refractivity (Wildman–Crippen MR) is 117 cm³/mol. The number of anilines is 1. The average Bonchev–Trinajstić information content (AvgIpc) is 2.97. The summed E-state index contributed by atoms with van der Waals surface area (Å²) in [6, 6.07) is 17.2. The van der Waals surface area contributed by atoms with Gasteiger partial charge in [0.1, 0.15) is 5.70 Å². The monoisotopic (exact) mass is 397 g/mol. The van der Waals surface area contributed by atoms with E-state index in [2.05, 4.69) is 10.3 Å². The molecule has 1 aromatic heterocycles. The Labute approximate surface area is 176 Å². The van der Waals surface area contributed by atoms with Crippen LogP contribution in [0.5, 0.6) is 0 Å². The largest absolute Gasteiger partial charge is 0.350 e. The zero-order valence-corrected chi connectivity index (χ0v) is 17.3. The summed E-state index contributed by atoms with van der Waals surface area (Å²) >= 11 is 0. The lowest BCUT2D eigenvalue weighted by molar-refractivity contribution is -0.137. The van der Waals surface area contributed by atoms with E-state index in [1.54, 1.807) is 12.4 Å². The van der Waals surface area contributed by atoms with Crippen LogP contribution in [-0.4, -0.2) is 21.7 Å². The van der Waals surface area contributed by atoms with Crippen LogP contribution in [0, 0.1) is 20.8 Å². The summed E-state index contributed by atoms with van der Waals surface area (Å²) in [5.74, 6) is -0.621. The maximum absolute atomic E-state index is 13.4. The lowest BCUT2D eigenvalue weighted by Gasteiger charge is -2.15. The molecule has 0 bridgehead atoms. The minimum atomic E-state index is -0.326. The van der Waals surface area contributed by atoms with Gasteiger partial charge in [0.25, 0.3) is 11.8 Å². The van der Waals surface area contributed by atoms with Gasteiger partial charge in [-0.15, -0.1) is 0 Å². The number of nitrogens with one attached hydrogen (secondary N) is 1. The zero-order valence-electron chi connectivity index (χ0n) is 17.3. The topological polar surface area (TPSA) is 62.3 Å². The number of benzene rings is 2. The number of aryl methyl sites for hydroxylation is 3. The molecule has 2 amide bonds. The van der Waals surface area contributed by atoms with Crippen molar-refractivity contribution in [2.24, 2.45) is 0 Å². The Morgan fingerprint density at radius 1 is 0.833 bits per heavy atom. The Morgan fingerprint density at radius 3 is 2.27 bits per heavy atom. The maximum atomic E-state index is 13.4. The second-order valence-corrected chi connectivity index (χ2v) is 7.54. The molecule has 5 nitrogen and oxygen atoms in total. The number of imide groups is 1. The summed E-state index contributed by atoms with van der Waals surface area (Å²) in [6.07, 6.45) is 3.31. The molecule has 30 heavy (non-hydrogen) atoms. The minimum Gasteiger partial charge on any atom is -0.350 e. The molecule has 150 valence electrons. The molecule has 5 heteroatoms. The van der Waals surface area contributed by atoms with Gasteiger partial charge in [0.2, 0.25) is 0 Å². The third-order valence-corrected chi connectivity index (χ3v) is 5.46. The van der Waals surface area contributed by atoms with Gasteiger partial charge < -0.3 is 5.32 Å². The van der Waals surface area contributed by atoms with E-state index in [0.29, 0.717) is 11.3 Å². The van der Waals surface area contributed by atoms with Gasteiger partial charge in [0.05, 0.1) is 12.1 Å². The standard InChI is InChI=1S/C25H23N3O2/c1-16-8-9-20(14-18(16)3)22-23(27-21-7-5-4-6-17(21)2)25(30)28(24(22)29)15-19-10-12-26-13-11-19/h4-14,27H,15H2,1-3H3. The van der Waals surface area contributed by atoms with E-state index in [4.69, 9.17) is 0 Å². The smallest absolute Gasteiger partial charge is 0.278 e. The van der Waals surface area contributed by atoms with Crippen molar-refractivity contribution in [2.45, 2.75) is 27.3 Å². The number of aromatic nitrogens is 1. The van der Waals surface area contributed by atoms with Gasteiger partial charge in [-0.05, 0) is 66.8 Å². The second-order valence-electron chi connectivity index (χ2n) is 7.54. The number of nitrogens with zero attached hydrogens (tertiary/aromatic N) is 2. The van der Waals surface area contributed by atoms with Gasteiger partial charge in [0.15, 0.2) is 0 Å². The first-order valence-corrected chi connectivity index (χ1v) is 9.85. The molecule has 0 atom stereocenters. The highest BCUT2D eigenvalue weighted by Crippen LogP contribution is 2.32. The highest BCUT2D eigenvalue weighted by atomic mass is 16.2. The number of hydrogen-bond acceptors (Lipinski definition) is 4. The third-order valence-electron chi connectivity index (χ3n) is 5.46. The average molecular weight is 397 g/mol. The number of carbonyl (C=O) groups is 2. The third kappa shape index (κ3) is 3.62. The molecule has 0 fully saturated rings. The van der Waals surface area contributed by atoms with Crippen LogP contribution in [-0.2, 0) is 16.1 Å². The van der Waals surface area contributed by atoms with Crippen molar-refractivity contribution in [1.29, 1.82) is 0 Å². The van der Waals surface area contributed by atoms with E-state index >= 15 is 0 Å². The summed E-state index contributed by atoms with van der Waals surface area (Å²) in [5, 5.41) is 3.24. The number of hydrogen-bond donors (Lipinski definition) is 1. The molecule has 1 N–H and O–H groups in total. The van der Waals surface area contributed by atoms with Gasteiger partial charge in [-0.25, -0.2) is 0 Å². The van der Waals surface area contributed by atoms with E-state index in [1.807, 2.05) is 75.4 Å². The number of pyridine rings is 1. The van der Waals surface area contributed by atoms with E-state index in [1.165, 1.54) is 4.90 Å². The van der Waals surface area contributed by atoms with Crippen LogP contribution in [0.25, 0.3) is 5.57 Å². The first kappa shape index (κ1) is 19.6. The Morgan fingerprint density at radius 2 is 1.57 bits per heavy atom. The molecular formula is C25H23N3O2. The fraction of sp³-hybridized carbons (Fsp3) is 0.160. The number of carbonyl (C=O) groups excluding carboxylic acids is 2. The predicted octanol–water partition coefficient (Wildman–Crippen LogP) is 4.40. The van der Waals surface area contributed by atoms with Crippen LogP contribution >= 0.6 is 0 Å². The minimum absolute atomic E-state index is 0.202. The quantitative estimate of drug-likeness (QED) is 0.648. The normalized spacial score (nSPS) is 13.9. The van der Waals surface area contributed by atoms with Crippen molar-refractivity contribution < 1.29 is 9.59 Å². The van der Waals surface area contributed by atoms with E-state index in [-0.39, 0.29) is 18.4 Å². The van der Waals surface area contributed by atoms with Crippen LogP contribution in [0.1, 0.15) is 27.8 Å². The Balaban J connectivity index is 1.79. The Kier molecular flexibility index (Phi) is 5.19. The second kappa shape index (κ2) is 7.95. The fourth-order valence-corrected chi connectivity index (χ4v) is 3.52. The molecule has 0 saturated carbocycles. The van der Waals surface area contributed by atoms with E-state index in [9.17, 15) is 9.59 Å². The SMILES string of the molecule is Cc1ccc(C2=C(Nc3ccccc3C)C(=O)N(Cc3ccncc3)C2=O)cc1C. The molecule has 3 aromatic rings. The Bertz CT molecular complexity index is 1170. The summed E-state index contributed by atoms with van der Waals surface area (Å²) in [6.45, 7) is 6.20. The fourth-order valence-electron chi connectivity index (χ4n) is 3.52. The number of rotatable bonds is 5. The first-order chi connectivity index (χ1) is 14.5. The summed E-state index contributed by atoms with van der Waals surface area (Å²) < 4.78 is 0.